The van der Waals surface area contributed by atoms with Gasteiger partial charge in [-0.25, -0.2) is 0 Å². The Labute approximate surface area is 194 Å². The SMILES string of the molecule is CCN(CC)CCNC(=O)c1ccc2c(c1)C1C=CCC1C(c1c(Cl)cccc1Cl)N2. The van der Waals surface area contributed by atoms with Crippen LogP contribution in [-0.2, 0) is 0 Å². The van der Waals surface area contributed by atoms with Crippen LogP contribution in [0.4, 0.5) is 5.69 Å². The van der Waals surface area contributed by atoms with E-state index in [1.807, 2.05) is 36.4 Å². The van der Waals surface area contributed by atoms with Gasteiger partial charge in [-0.3, -0.25) is 4.79 Å². The minimum atomic E-state index is -0.0234. The first-order chi connectivity index (χ1) is 15.0. The van der Waals surface area contributed by atoms with Crippen LogP contribution in [0.1, 0.15) is 53.7 Å². The lowest BCUT2D eigenvalue weighted by atomic mass is 9.76. The van der Waals surface area contributed by atoms with E-state index in [4.69, 9.17) is 23.2 Å². The van der Waals surface area contributed by atoms with Crippen molar-refractivity contribution in [3.63, 3.8) is 0 Å². The van der Waals surface area contributed by atoms with Crippen LogP contribution in [0.25, 0.3) is 0 Å². The lowest BCUT2D eigenvalue weighted by Crippen LogP contribution is -2.35. The molecule has 1 amide bonds. The van der Waals surface area contributed by atoms with Crippen LogP contribution < -0.4 is 10.6 Å². The average molecular weight is 458 g/mol. The Morgan fingerprint density at radius 2 is 1.90 bits per heavy atom. The zero-order valence-electron chi connectivity index (χ0n) is 18.0. The zero-order chi connectivity index (χ0) is 22.0. The highest BCUT2D eigenvalue weighted by molar-refractivity contribution is 6.36. The van der Waals surface area contributed by atoms with Gasteiger partial charge in [0.05, 0.1) is 6.04 Å². The molecule has 2 aromatic rings. The third-order valence-electron chi connectivity index (χ3n) is 6.54. The van der Waals surface area contributed by atoms with Gasteiger partial charge < -0.3 is 15.5 Å². The lowest BCUT2D eigenvalue weighted by Gasteiger charge is -2.38. The van der Waals surface area contributed by atoms with Gasteiger partial charge in [0.1, 0.15) is 0 Å². The summed E-state index contributed by atoms with van der Waals surface area (Å²) in [6.45, 7) is 7.76. The van der Waals surface area contributed by atoms with Gasteiger partial charge >= 0.3 is 0 Å². The molecule has 3 atom stereocenters. The van der Waals surface area contributed by atoms with Gasteiger partial charge in [0.25, 0.3) is 5.91 Å². The largest absolute Gasteiger partial charge is 0.378 e. The number of likely N-dealkylation sites (N-methyl/N-ethyl adjacent to an activating group) is 1. The van der Waals surface area contributed by atoms with E-state index < -0.39 is 0 Å². The number of anilines is 1. The summed E-state index contributed by atoms with van der Waals surface area (Å²) in [6, 6.07) is 11.6. The van der Waals surface area contributed by atoms with Crippen molar-refractivity contribution in [3.8, 4) is 0 Å². The van der Waals surface area contributed by atoms with Crippen LogP contribution in [0.2, 0.25) is 10.0 Å². The smallest absolute Gasteiger partial charge is 0.251 e. The summed E-state index contributed by atoms with van der Waals surface area (Å²) in [7, 11) is 0. The molecule has 4 nitrogen and oxygen atoms in total. The Morgan fingerprint density at radius 3 is 2.61 bits per heavy atom. The summed E-state index contributed by atoms with van der Waals surface area (Å²) < 4.78 is 0. The summed E-state index contributed by atoms with van der Waals surface area (Å²) in [5, 5.41) is 8.09. The summed E-state index contributed by atoms with van der Waals surface area (Å²) >= 11 is 13.1. The number of rotatable bonds is 7. The average Bonchev–Trinajstić information content (AvgIpc) is 3.26. The third-order valence-corrected chi connectivity index (χ3v) is 7.20. The number of amides is 1. The maximum Gasteiger partial charge on any atom is 0.251 e. The number of halogens is 2. The fraction of sp³-hybridized carbons (Fsp3) is 0.400. The fourth-order valence-electron chi connectivity index (χ4n) is 4.80. The number of hydrogen-bond donors (Lipinski definition) is 2. The van der Waals surface area contributed by atoms with Crippen LogP contribution in [0.3, 0.4) is 0 Å². The number of carbonyl (C=O) groups is 1. The Bertz CT molecular complexity index is 966. The second-order valence-electron chi connectivity index (χ2n) is 8.20. The molecule has 0 saturated carbocycles. The standard InChI is InChI=1S/C25H29Cl2N3O/c1-3-30(4-2)14-13-28-25(31)16-11-12-22-19(15-16)17-7-5-8-18(17)24(29-22)23-20(26)9-6-10-21(23)27/h5-7,9-12,15,17-18,24,29H,3-4,8,13-14H2,1-2H3,(H,28,31). The Morgan fingerprint density at radius 1 is 1.16 bits per heavy atom. The molecular weight excluding hydrogens is 429 g/mol. The molecule has 1 aliphatic carbocycles. The topological polar surface area (TPSA) is 44.4 Å². The number of benzene rings is 2. The van der Waals surface area contributed by atoms with E-state index >= 15 is 0 Å². The van der Waals surface area contributed by atoms with Crippen molar-refractivity contribution < 1.29 is 4.79 Å². The molecule has 0 aromatic heterocycles. The highest BCUT2D eigenvalue weighted by Gasteiger charge is 2.39. The maximum absolute atomic E-state index is 12.8. The van der Waals surface area contributed by atoms with E-state index in [2.05, 4.69) is 41.5 Å². The summed E-state index contributed by atoms with van der Waals surface area (Å²) in [4.78, 5) is 15.0. The van der Waals surface area contributed by atoms with Gasteiger partial charge in [0, 0.05) is 45.9 Å². The Hall–Kier alpha value is -2.01. The molecule has 31 heavy (non-hydrogen) atoms. The zero-order valence-corrected chi connectivity index (χ0v) is 19.5. The molecule has 2 aromatic carbocycles. The minimum Gasteiger partial charge on any atom is -0.378 e. The van der Waals surface area contributed by atoms with Gasteiger partial charge in [0.2, 0.25) is 0 Å². The van der Waals surface area contributed by atoms with Crippen LogP contribution in [0.5, 0.6) is 0 Å². The molecule has 6 heteroatoms. The molecule has 0 radical (unpaired) electrons. The second kappa shape index (κ2) is 9.64. The van der Waals surface area contributed by atoms with E-state index in [-0.39, 0.29) is 17.9 Å². The highest BCUT2D eigenvalue weighted by atomic mass is 35.5. The van der Waals surface area contributed by atoms with E-state index in [0.717, 1.165) is 42.9 Å². The number of fused-ring (bicyclic) bond motifs is 3. The number of nitrogens with one attached hydrogen (secondary N) is 2. The first kappa shape index (κ1) is 22.2. The Balaban J connectivity index is 1.56. The maximum atomic E-state index is 12.8. The molecule has 3 unspecified atom stereocenters. The Kier molecular flexibility index (Phi) is 6.90. The van der Waals surface area contributed by atoms with Crippen LogP contribution in [-0.4, -0.2) is 37.0 Å². The first-order valence-corrected chi connectivity index (χ1v) is 11.8. The van der Waals surface area contributed by atoms with E-state index in [9.17, 15) is 4.79 Å². The first-order valence-electron chi connectivity index (χ1n) is 11.0. The van der Waals surface area contributed by atoms with E-state index in [0.29, 0.717) is 28.1 Å². The molecule has 2 aliphatic rings. The van der Waals surface area contributed by atoms with Crippen molar-refractivity contribution in [2.75, 3.05) is 31.5 Å². The summed E-state index contributed by atoms with van der Waals surface area (Å²) in [6.07, 6.45) is 5.43. The summed E-state index contributed by atoms with van der Waals surface area (Å²) in [5.41, 5.74) is 3.85. The molecular formula is C25H29Cl2N3O. The number of nitrogens with zero attached hydrogens (tertiary/aromatic N) is 1. The van der Waals surface area contributed by atoms with Crippen molar-refractivity contribution in [3.05, 3.63) is 75.3 Å². The number of allylic oxidation sites excluding steroid dienone is 2. The quantitative estimate of drug-likeness (QED) is 0.509. The van der Waals surface area contributed by atoms with Gasteiger partial charge in [-0.05, 0) is 61.3 Å². The molecule has 4 rings (SSSR count). The van der Waals surface area contributed by atoms with Crippen molar-refractivity contribution in [1.29, 1.82) is 0 Å². The second-order valence-corrected chi connectivity index (χ2v) is 9.01. The monoisotopic (exact) mass is 457 g/mol. The van der Waals surface area contributed by atoms with Crippen LogP contribution >= 0.6 is 23.2 Å². The molecule has 0 saturated heterocycles. The predicted octanol–water partition coefficient (Wildman–Crippen LogP) is 5.89. The third kappa shape index (κ3) is 4.48. The minimum absolute atomic E-state index is 0.0234. The van der Waals surface area contributed by atoms with Gasteiger partial charge in [-0.1, -0.05) is 55.3 Å². The normalized spacial score (nSPS) is 21.5. The van der Waals surface area contributed by atoms with Crippen LogP contribution in [0, 0.1) is 5.92 Å². The number of hydrogen-bond acceptors (Lipinski definition) is 3. The van der Waals surface area contributed by atoms with Gasteiger partial charge in [-0.2, -0.15) is 0 Å². The highest BCUT2D eigenvalue weighted by Crippen LogP contribution is 2.52. The van der Waals surface area contributed by atoms with Gasteiger partial charge in [-0.15, -0.1) is 0 Å². The number of carbonyl (C=O) groups excluding carboxylic acids is 1. The van der Waals surface area contributed by atoms with E-state index in [1.165, 1.54) is 0 Å². The summed E-state index contributed by atoms with van der Waals surface area (Å²) in [5.74, 6) is 0.521. The van der Waals surface area contributed by atoms with E-state index in [1.54, 1.807) is 0 Å². The van der Waals surface area contributed by atoms with Crippen molar-refractivity contribution >= 4 is 34.8 Å². The van der Waals surface area contributed by atoms with Crippen LogP contribution in [0.15, 0.2) is 48.6 Å². The molecule has 0 bridgehead atoms. The van der Waals surface area contributed by atoms with Gasteiger partial charge in [0.15, 0.2) is 0 Å². The predicted molar refractivity (Wildman–Crippen MR) is 129 cm³/mol. The van der Waals surface area contributed by atoms with Crippen molar-refractivity contribution in [1.82, 2.24) is 10.2 Å². The molecule has 1 aliphatic heterocycles. The lowest BCUT2D eigenvalue weighted by molar-refractivity contribution is 0.0949. The van der Waals surface area contributed by atoms with Crippen molar-refractivity contribution in [2.24, 2.45) is 5.92 Å². The molecule has 0 spiro atoms. The molecule has 2 N–H and O–H groups in total. The molecule has 1 heterocycles. The molecule has 164 valence electrons. The fourth-order valence-corrected chi connectivity index (χ4v) is 5.43. The molecule has 0 fully saturated rings. The van der Waals surface area contributed by atoms with Crippen molar-refractivity contribution in [2.45, 2.75) is 32.2 Å².